The molecule has 15 heavy (non-hydrogen) atoms. The largest absolute Gasteiger partial charge is 0.376 e. The van der Waals surface area contributed by atoms with Crippen LogP contribution in [0.5, 0.6) is 0 Å². The zero-order valence-corrected chi connectivity index (χ0v) is 9.12. The van der Waals surface area contributed by atoms with Gasteiger partial charge in [0.15, 0.2) is 0 Å². The van der Waals surface area contributed by atoms with Gasteiger partial charge in [0, 0.05) is 5.69 Å². The van der Waals surface area contributed by atoms with Gasteiger partial charge in [-0.3, -0.25) is 4.79 Å². The summed E-state index contributed by atoms with van der Waals surface area (Å²) >= 11 is 0. The van der Waals surface area contributed by atoms with Crippen molar-refractivity contribution in [2.75, 3.05) is 11.9 Å². The van der Waals surface area contributed by atoms with Crippen LogP contribution in [0.25, 0.3) is 0 Å². The van der Waals surface area contributed by atoms with Gasteiger partial charge in [-0.15, -0.1) is 0 Å². The molecule has 1 aromatic carbocycles. The molecule has 0 unspecified atom stereocenters. The van der Waals surface area contributed by atoms with Crippen molar-refractivity contribution in [3.05, 3.63) is 29.8 Å². The van der Waals surface area contributed by atoms with E-state index in [0.29, 0.717) is 0 Å². The van der Waals surface area contributed by atoms with Gasteiger partial charge in [-0.05, 0) is 30.5 Å². The van der Waals surface area contributed by atoms with Crippen LogP contribution >= 0.6 is 0 Å². The lowest BCUT2D eigenvalue weighted by molar-refractivity contribution is -0.116. The van der Waals surface area contributed by atoms with Gasteiger partial charge < -0.3 is 11.1 Å². The zero-order chi connectivity index (χ0) is 11.1. The van der Waals surface area contributed by atoms with Crippen molar-refractivity contribution in [3.63, 3.8) is 0 Å². The number of rotatable bonds is 6. The quantitative estimate of drug-likeness (QED) is 0.747. The van der Waals surface area contributed by atoms with Crippen LogP contribution in [-0.4, -0.2) is 12.5 Å². The van der Waals surface area contributed by atoms with Gasteiger partial charge in [0.2, 0.25) is 5.91 Å². The Morgan fingerprint density at radius 1 is 1.47 bits per heavy atom. The molecule has 1 aromatic rings. The fourth-order valence-electron chi connectivity index (χ4n) is 1.41. The second-order valence-electron chi connectivity index (χ2n) is 3.62. The molecule has 0 aliphatic rings. The van der Waals surface area contributed by atoms with Crippen LogP contribution in [0.3, 0.4) is 0 Å². The standard InChI is InChI=1S/C12H18N2O/c1-2-3-5-10-6-4-7-11(8-10)14-9-12(13)15/h4,6-8,14H,2-3,5,9H2,1H3,(H2,13,15). The van der Waals surface area contributed by atoms with Crippen LogP contribution in [0.2, 0.25) is 0 Å². The number of aryl methyl sites for hydroxylation is 1. The van der Waals surface area contributed by atoms with Crippen molar-refractivity contribution in [2.24, 2.45) is 5.73 Å². The zero-order valence-electron chi connectivity index (χ0n) is 9.12. The van der Waals surface area contributed by atoms with Crippen LogP contribution in [-0.2, 0) is 11.2 Å². The Hall–Kier alpha value is -1.51. The minimum atomic E-state index is -0.339. The van der Waals surface area contributed by atoms with Crippen LogP contribution in [0.15, 0.2) is 24.3 Å². The highest BCUT2D eigenvalue weighted by molar-refractivity contribution is 5.78. The lowest BCUT2D eigenvalue weighted by Crippen LogP contribution is -2.21. The summed E-state index contributed by atoms with van der Waals surface area (Å²) < 4.78 is 0. The number of primary amides is 1. The summed E-state index contributed by atoms with van der Waals surface area (Å²) in [7, 11) is 0. The summed E-state index contributed by atoms with van der Waals surface area (Å²) in [6.45, 7) is 2.37. The number of nitrogens with one attached hydrogen (secondary N) is 1. The highest BCUT2D eigenvalue weighted by atomic mass is 16.1. The van der Waals surface area contributed by atoms with Gasteiger partial charge in [0.25, 0.3) is 0 Å². The van der Waals surface area contributed by atoms with Crippen molar-refractivity contribution >= 4 is 11.6 Å². The average Bonchev–Trinajstić information content (AvgIpc) is 2.24. The number of amides is 1. The molecule has 1 amide bonds. The van der Waals surface area contributed by atoms with Gasteiger partial charge in [0.05, 0.1) is 6.54 Å². The van der Waals surface area contributed by atoms with E-state index in [0.717, 1.165) is 12.1 Å². The van der Waals surface area contributed by atoms with Crippen molar-refractivity contribution in [3.8, 4) is 0 Å². The normalized spacial score (nSPS) is 9.93. The first kappa shape index (κ1) is 11.6. The monoisotopic (exact) mass is 206 g/mol. The van der Waals surface area contributed by atoms with E-state index in [1.165, 1.54) is 18.4 Å². The number of unbranched alkanes of at least 4 members (excludes halogenated alkanes) is 1. The Bertz CT molecular complexity index is 323. The average molecular weight is 206 g/mol. The molecule has 3 heteroatoms. The van der Waals surface area contributed by atoms with Crippen LogP contribution in [0, 0.1) is 0 Å². The number of carbonyl (C=O) groups excluding carboxylic acids is 1. The fourth-order valence-corrected chi connectivity index (χ4v) is 1.41. The Kier molecular flexibility index (Phi) is 4.68. The summed E-state index contributed by atoms with van der Waals surface area (Å²) in [5.74, 6) is -0.339. The number of anilines is 1. The molecule has 0 radical (unpaired) electrons. The molecule has 82 valence electrons. The maximum atomic E-state index is 10.6. The Morgan fingerprint density at radius 3 is 2.93 bits per heavy atom. The predicted octanol–water partition coefficient (Wildman–Crippen LogP) is 1.93. The van der Waals surface area contributed by atoms with E-state index in [2.05, 4.69) is 24.4 Å². The maximum Gasteiger partial charge on any atom is 0.236 e. The van der Waals surface area contributed by atoms with E-state index in [1.807, 2.05) is 12.1 Å². The van der Waals surface area contributed by atoms with E-state index in [1.54, 1.807) is 0 Å². The van der Waals surface area contributed by atoms with E-state index >= 15 is 0 Å². The number of nitrogens with two attached hydrogens (primary N) is 1. The lowest BCUT2D eigenvalue weighted by atomic mass is 10.1. The van der Waals surface area contributed by atoms with Gasteiger partial charge in [0.1, 0.15) is 0 Å². The summed E-state index contributed by atoms with van der Waals surface area (Å²) in [5.41, 5.74) is 7.32. The van der Waals surface area contributed by atoms with Crippen molar-refractivity contribution < 1.29 is 4.79 Å². The minimum absolute atomic E-state index is 0.192. The van der Waals surface area contributed by atoms with Gasteiger partial charge in [-0.1, -0.05) is 25.5 Å². The molecular formula is C12H18N2O. The maximum absolute atomic E-state index is 10.6. The third-order valence-corrected chi connectivity index (χ3v) is 2.21. The fraction of sp³-hybridized carbons (Fsp3) is 0.417. The molecule has 3 N–H and O–H groups in total. The van der Waals surface area contributed by atoms with Crippen LogP contribution < -0.4 is 11.1 Å². The third-order valence-electron chi connectivity index (χ3n) is 2.21. The molecular weight excluding hydrogens is 188 g/mol. The van der Waals surface area contributed by atoms with Gasteiger partial charge in [-0.2, -0.15) is 0 Å². The highest BCUT2D eigenvalue weighted by Gasteiger charge is 1.97. The molecule has 0 heterocycles. The number of hydrogen-bond acceptors (Lipinski definition) is 2. The second kappa shape index (κ2) is 6.06. The minimum Gasteiger partial charge on any atom is -0.376 e. The molecule has 0 atom stereocenters. The molecule has 0 bridgehead atoms. The first-order valence-electron chi connectivity index (χ1n) is 5.33. The molecule has 0 aromatic heterocycles. The predicted molar refractivity (Wildman–Crippen MR) is 62.7 cm³/mol. The summed E-state index contributed by atoms with van der Waals surface area (Å²) in [6.07, 6.45) is 3.47. The Labute approximate surface area is 90.7 Å². The third kappa shape index (κ3) is 4.49. The van der Waals surface area contributed by atoms with Gasteiger partial charge in [-0.25, -0.2) is 0 Å². The van der Waals surface area contributed by atoms with Crippen molar-refractivity contribution in [1.29, 1.82) is 0 Å². The molecule has 0 spiro atoms. The molecule has 0 aliphatic carbocycles. The molecule has 3 nitrogen and oxygen atoms in total. The molecule has 0 saturated heterocycles. The molecule has 0 saturated carbocycles. The van der Waals surface area contributed by atoms with Crippen LogP contribution in [0.1, 0.15) is 25.3 Å². The molecule has 0 aliphatic heterocycles. The van der Waals surface area contributed by atoms with Crippen molar-refractivity contribution in [2.45, 2.75) is 26.2 Å². The van der Waals surface area contributed by atoms with E-state index < -0.39 is 0 Å². The van der Waals surface area contributed by atoms with E-state index in [-0.39, 0.29) is 12.5 Å². The number of hydrogen-bond donors (Lipinski definition) is 2. The van der Waals surface area contributed by atoms with E-state index in [9.17, 15) is 4.79 Å². The SMILES string of the molecule is CCCCc1cccc(NCC(N)=O)c1. The molecule has 1 rings (SSSR count). The summed E-state index contributed by atoms with van der Waals surface area (Å²) in [4.78, 5) is 10.6. The first-order valence-corrected chi connectivity index (χ1v) is 5.33. The first-order chi connectivity index (χ1) is 7.22. The lowest BCUT2D eigenvalue weighted by Gasteiger charge is -2.06. The second-order valence-corrected chi connectivity index (χ2v) is 3.62. The highest BCUT2D eigenvalue weighted by Crippen LogP contribution is 2.12. The number of carbonyl (C=O) groups is 1. The Morgan fingerprint density at radius 2 is 2.27 bits per heavy atom. The topological polar surface area (TPSA) is 55.1 Å². The van der Waals surface area contributed by atoms with Gasteiger partial charge >= 0.3 is 0 Å². The number of benzene rings is 1. The van der Waals surface area contributed by atoms with Crippen LogP contribution in [0.4, 0.5) is 5.69 Å². The smallest absolute Gasteiger partial charge is 0.236 e. The van der Waals surface area contributed by atoms with Crippen molar-refractivity contribution in [1.82, 2.24) is 0 Å². The van der Waals surface area contributed by atoms with E-state index in [4.69, 9.17) is 5.73 Å². The Balaban J connectivity index is 2.53. The summed E-state index contributed by atoms with van der Waals surface area (Å²) in [5, 5.41) is 2.99. The molecule has 0 fully saturated rings. The summed E-state index contributed by atoms with van der Waals surface area (Å²) in [6, 6.07) is 8.11.